The Kier molecular flexibility index (Phi) is 4.86. The van der Waals surface area contributed by atoms with Crippen LogP contribution in [0.25, 0.3) is 0 Å². The Hall–Kier alpha value is -2.00. The highest BCUT2D eigenvalue weighted by Crippen LogP contribution is 2.21. The molecule has 0 aliphatic carbocycles. The van der Waals surface area contributed by atoms with Crippen LogP contribution in [-0.2, 0) is 0 Å². The first-order valence-corrected chi connectivity index (χ1v) is 7.31. The van der Waals surface area contributed by atoms with Crippen molar-refractivity contribution >= 4 is 28.9 Å². The van der Waals surface area contributed by atoms with Gasteiger partial charge in [0.25, 0.3) is 5.91 Å². The van der Waals surface area contributed by atoms with E-state index < -0.39 is 0 Å². The second-order valence-corrected chi connectivity index (χ2v) is 5.39. The summed E-state index contributed by atoms with van der Waals surface area (Å²) in [7, 11) is 0. The maximum Gasteiger partial charge on any atom is 0.255 e. The fourth-order valence-electron chi connectivity index (χ4n) is 2.07. The molecule has 0 saturated carbocycles. The van der Waals surface area contributed by atoms with E-state index in [-0.39, 0.29) is 5.91 Å². The predicted molar refractivity (Wildman–Crippen MR) is 89.5 cm³/mol. The SMILES string of the molecule is CCNc1ccc(C(=O)Nc2ccc(C)c(Cl)c2)cc1C. The lowest BCUT2D eigenvalue weighted by Gasteiger charge is -2.10. The lowest BCUT2D eigenvalue weighted by molar-refractivity contribution is 0.102. The third kappa shape index (κ3) is 3.76. The Morgan fingerprint density at radius 2 is 1.86 bits per heavy atom. The van der Waals surface area contributed by atoms with Crippen LogP contribution in [0.4, 0.5) is 11.4 Å². The molecule has 1 amide bonds. The molecule has 21 heavy (non-hydrogen) atoms. The molecule has 0 radical (unpaired) electrons. The zero-order valence-electron chi connectivity index (χ0n) is 12.5. The van der Waals surface area contributed by atoms with Crippen molar-refractivity contribution in [1.82, 2.24) is 0 Å². The first-order chi connectivity index (χ1) is 10.0. The molecule has 110 valence electrons. The van der Waals surface area contributed by atoms with Crippen LogP contribution in [0.2, 0.25) is 5.02 Å². The molecule has 2 N–H and O–H groups in total. The minimum absolute atomic E-state index is 0.138. The number of halogens is 1. The maximum atomic E-state index is 12.3. The molecule has 3 nitrogen and oxygen atoms in total. The summed E-state index contributed by atoms with van der Waals surface area (Å²) in [5.41, 5.74) is 4.41. The van der Waals surface area contributed by atoms with Crippen molar-refractivity contribution in [2.75, 3.05) is 17.2 Å². The summed E-state index contributed by atoms with van der Waals surface area (Å²) in [6, 6.07) is 11.1. The largest absolute Gasteiger partial charge is 0.385 e. The van der Waals surface area contributed by atoms with Crippen molar-refractivity contribution in [2.24, 2.45) is 0 Å². The topological polar surface area (TPSA) is 41.1 Å². The van der Waals surface area contributed by atoms with Crippen molar-refractivity contribution in [2.45, 2.75) is 20.8 Å². The van der Waals surface area contributed by atoms with Crippen LogP contribution in [-0.4, -0.2) is 12.5 Å². The number of carbonyl (C=O) groups is 1. The second-order valence-electron chi connectivity index (χ2n) is 4.98. The molecule has 0 fully saturated rings. The van der Waals surface area contributed by atoms with Gasteiger partial charge in [-0.15, -0.1) is 0 Å². The minimum Gasteiger partial charge on any atom is -0.385 e. The van der Waals surface area contributed by atoms with Crippen molar-refractivity contribution < 1.29 is 4.79 Å². The fourth-order valence-corrected chi connectivity index (χ4v) is 2.25. The van der Waals surface area contributed by atoms with E-state index in [1.54, 1.807) is 6.07 Å². The molecule has 2 rings (SSSR count). The summed E-state index contributed by atoms with van der Waals surface area (Å²) >= 11 is 6.06. The lowest BCUT2D eigenvalue weighted by Crippen LogP contribution is -2.12. The summed E-state index contributed by atoms with van der Waals surface area (Å²) in [4.78, 5) is 12.3. The molecule has 0 spiro atoms. The fraction of sp³-hybridized carbons (Fsp3) is 0.235. The number of benzene rings is 2. The highest BCUT2D eigenvalue weighted by Gasteiger charge is 2.08. The van der Waals surface area contributed by atoms with E-state index in [2.05, 4.69) is 10.6 Å². The molecule has 0 unspecified atom stereocenters. The average molecular weight is 303 g/mol. The molecular weight excluding hydrogens is 284 g/mol. The van der Waals surface area contributed by atoms with Gasteiger partial charge in [0.2, 0.25) is 0 Å². The number of aryl methyl sites for hydroxylation is 2. The molecule has 0 aliphatic rings. The van der Waals surface area contributed by atoms with E-state index in [0.29, 0.717) is 16.3 Å². The first kappa shape index (κ1) is 15.4. The second kappa shape index (κ2) is 6.64. The number of nitrogens with one attached hydrogen (secondary N) is 2. The van der Waals surface area contributed by atoms with E-state index in [1.165, 1.54) is 0 Å². The maximum absolute atomic E-state index is 12.3. The monoisotopic (exact) mass is 302 g/mol. The van der Waals surface area contributed by atoms with Crippen LogP contribution in [0.1, 0.15) is 28.4 Å². The number of anilines is 2. The third-order valence-corrected chi connectivity index (χ3v) is 3.69. The van der Waals surface area contributed by atoms with E-state index in [4.69, 9.17) is 11.6 Å². The molecule has 0 heterocycles. The van der Waals surface area contributed by atoms with E-state index in [9.17, 15) is 4.79 Å². The van der Waals surface area contributed by atoms with Crippen molar-refractivity contribution in [3.8, 4) is 0 Å². The smallest absolute Gasteiger partial charge is 0.255 e. The molecule has 0 bridgehead atoms. The van der Waals surface area contributed by atoms with Gasteiger partial charge in [-0.05, 0) is 62.2 Å². The van der Waals surface area contributed by atoms with E-state index in [0.717, 1.165) is 23.4 Å². The molecule has 2 aromatic rings. The van der Waals surface area contributed by atoms with Crippen molar-refractivity contribution in [3.63, 3.8) is 0 Å². The van der Waals surface area contributed by atoms with Crippen molar-refractivity contribution in [3.05, 3.63) is 58.1 Å². The van der Waals surface area contributed by atoms with Crippen LogP contribution in [0.15, 0.2) is 36.4 Å². The lowest BCUT2D eigenvalue weighted by atomic mass is 10.1. The predicted octanol–water partition coefficient (Wildman–Crippen LogP) is 4.64. The Morgan fingerprint density at radius 1 is 1.10 bits per heavy atom. The average Bonchev–Trinajstić information content (AvgIpc) is 2.45. The van der Waals surface area contributed by atoms with Crippen molar-refractivity contribution in [1.29, 1.82) is 0 Å². The summed E-state index contributed by atoms with van der Waals surface area (Å²) in [6.45, 7) is 6.81. The third-order valence-electron chi connectivity index (χ3n) is 3.29. The van der Waals surface area contributed by atoms with Crippen LogP contribution in [0.3, 0.4) is 0 Å². The quantitative estimate of drug-likeness (QED) is 0.863. The van der Waals surface area contributed by atoms with Crippen LogP contribution in [0.5, 0.6) is 0 Å². The summed E-state index contributed by atoms with van der Waals surface area (Å²) in [5, 5.41) is 6.76. The van der Waals surface area contributed by atoms with Gasteiger partial charge in [-0.25, -0.2) is 0 Å². The van der Waals surface area contributed by atoms with Gasteiger partial charge in [0.05, 0.1) is 0 Å². The molecule has 0 aliphatic heterocycles. The molecule has 0 aromatic heterocycles. The van der Waals surface area contributed by atoms with Crippen LogP contribution < -0.4 is 10.6 Å². The van der Waals surface area contributed by atoms with Gasteiger partial charge in [0.1, 0.15) is 0 Å². The number of carbonyl (C=O) groups excluding carboxylic acids is 1. The van der Waals surface area contributed by atoms with Gasteiger partial charge in [-0.3, -0.25) is 4.79 Å². The highest BCUT2D eigenvalue weighted by atomic mass is 35.5. The van der Waals surface area contributed by atoms with Crippen LogP contribution >= 0.6 is 11.6 Å². The van der Waals surface area contributed by atoms with Gasteiger partial charge in [0, 0.05) is 28.5 Å². The Balaban J connectivity index is 2.16. The van der Waals surface area contributed by atoms with Crippen LogP contribution in [0, 0.1) is 13.8 Å². The minimum atomic E-state index is -0.138. The van der Waals surface area contributed by atoms with Gasteiger partial charge in [-0.2, -0.15) is 0 Å². The first-order valence-electron chi connectivity index (χ1n) is 6.93. The van der Waals surface area contributed by atoms with E-state index in [1.807, 2.05) is 51.1 Å². The molecule has 0 saturated heterocycles. The number of hydrogen-bond donors (Lipinski definition) is 2. The van der Waals surface area contributed by atoms with E-state index >= 15 is 0 Å². The van der Waals surface area contributed by atoms with Gasteiger partial charge < -0.3 is 10.6 Å². The molecule has 4 heteroatoms. The molecular formula is C17H19ClN2O. The van der Waals surface area contributed by atoms with Gasteiger partial charge in [0.15, 0.2) is 0 Å². The standard InChI is InChI=1S/C17H19ClN2O/c1-4-19-16-8-6-13(9-12(16)3)17(21)20-14-7-5-11(2)15(18)10-14/h5-10,19H,4H2,1-3H3,(H,20,21). The summed E-state index contributed by atoms with van der Waals surface area (Å²) < 4.78 is 0. The Bertz CT molecular complexity index is 668. The Labute approximate surface area is 130 Å². The number of hydrogen-bond acceptors (Lipinski definition) is 2. The van der Waals surface area contributed by atoms with Gasteiger partial charge >= 0.3 is 0 Å². The molecule has 2 aromatic carbocycles. The normalized spacial score (nSPS) is 10.3. The van der Waals surface area contributed by atoms with Gasteiger partial charge in [-0.1, -0.05) is 17.7 Å². The highest BCUT2D eigenvalue weighted by molar-refractivity contribution is 6.31. The number of amides is 1. The zero-order chi connectivity index (χ0) is 15.4. The zero-order valence-corrected chi connectivity index (χ0v) is 13.2. The molecule has 0 atom stereocenters. The summed E-state index contributed by atoms with van der Waals surface area (Å²) in [5.74, 6) is -0.138. The number of rotatable bonds is 4. The summed E-state index contributed by atoms with van der Waals surface area (Å²) in [6.07, 6.45) is 0. The Morgan fingerprint density at radius 3 is 2.48 bits per heavy atom.